The van der Waals surface area contributed by atoms with E-state index in [2.05, 4.69) is 20.9 Å². The molecular weight excluding hydrogens is 180 g/mol. The summed E-state index contributed by atoms with van der Waals surface area (Å²) in [6.07, 6.45) is 1.87. The molecule has 9 heavy (non-hydrogen) atoms. The molecule has 0 aliphatic rings. The Kier molecular flexibility index (Phi) is 1.93. The maximum atomic E-state index is 5.57. The summed E-state index contributed by atoms with van der Waals surface area (Å²) in [5, 5.41) is 0. The molecule has 0 aromatic carbocycles. The molecule has 0 saturated heterocycles. The Morgan fingerprint density at radius 3 is 2.67 bits per heavy atom. The van der Waals surface area contributed by atoms with Gasteiger partial charge in [-0.2, -0.15) is 0 Å². The lowest BCUT2D eigenvalue weighted by Gasteiger charge is -1.97. The zero-order valence-electron chi connectivity index (χ0n) is 5.19. The molecule has 1 atom stereocenters. The van der Waals surface area contributed by atoms with Crippen LogP contribution < -0.4 is 5.73 Å². The highest BCUT2D eigenvalue weighted by Gasteiger charge is 1.99. The number of nitrogens with one attached hydrogen (secondary N) is 1. The van der Waals surface area contributed by atoms with Gasteiger partial charge in [0.25, 0.3) is 0 Å². The highest BCUT2D eigenvalue weighted by molar-refractivity contribution is 9.10. The van der Waals surface area contributed by atoms with Crippen LogP contribution in [-0.4, -0.2) is 4.98 Å². The molecular formula is C6H9BrN2. The molecule has 2 nitrogen and oxygen atoms in total. The van der Waals surface area contributed by atoms with Gasteiger partial charge in [-0.3, -0.25) is 0 Å². The van der Waals surface area contributed by atoms with Crippen LogP contribution in [-0.2, 0) is 0 Å². The van der Waals surface area contributed by atoms with E-state index in [0.717, 1.165) is 10.2 Å². The number of hydrogen-bond donors (Lipinski definition) is 2. The molecule has 3 heteroatoms. The lowest BCUT2D eigenvalue weighted by molar-refractivity contribution is 0.789. The van der Waals surface area contributed by atoms with E-state index >= 15 is 0 Å². The van der Waals surface area contributed by atoms with Crippen molar-refractivity contribution < 1.29 is 0 Å². The lowest BCUT2D eigenvalue weighted by Crippen LogP contribution is -2.04. The smallest absolute Gasteiger partial charge is 0.0419 e. The number of hydrogen-bond acceptors (Lipinski definition) is 1. The Bertz CT molecular complexity index is 193. The molecule has 1 heterocycles. The molecule has 0 aliphatic carbocycles. The monoisotopic (exact) mass is 188 g/mol. The second-order valence-corrected chi connectivity index (χ2v) is 2.98. The summed E-state index contributed by atoms with van der Waals surface area (Å²) in [6.45, 7) is 1.94. The van der Waals surface area contributed by atoms with Gasteiger partial charge in [0, 0.05) is 22.4 Å². The van der Waals surface area contributed by atoms with Crippen LogP contribution in [0.25, 0.3) is 0 Å². The van der Waals surface area contributed by atoms with Gasteiger partial charge in [-0.25, -0.2) is 0 Å². The number of nitrogens with two attached hydrogens (primary N) is 1. The Morgan fingerprint density at radius 1 is 1.78 bits per heavy atom. The van der Waals surface area contributed by atoms with Gasteiger partial charge in [0.2, 0.25) is 0 Å². The molecule has 0 aliphatic heterocycles. The molecule has 0 fully saturated rings. The van der Waals surface area contributed by atoms with Crippen molar-refractivity contribution in [2.24, 2.45) is 5.73 Å². The van der Waals surface area contributed by atoms with Crippen molar-refractivity contribution in [3.05, 3.63) is 22.4 Å². The molecule has 0 radical (unpaired) electrons. The fourth-order valence-corrected chi connectivity index (χ4v) is 1.01. The quantitative estimate of drug-likeness (QED) is 0.694. The summed E-state index contributed by atoms with van der Waals surface area (Å²) in [4.78, 5) is 3.03. The van der Waals surface area contributed by atoms with Crippen LogP contribution in [0, 0.1) is 0 Å². The van der Waals surface area contributed by atoms with Crippen molar-refractivity contribution in [1.82, 2.24) is 4.98 Å². The van der Waals surface area contributed by atoms with Crippen LogP contribution in [0.3, 0.4) is 0 Å². The van der Waals surface area contributed by atoms with Crippen molar-refractivity contribution in [1.29, 1.82) is 0 Å². The van der Waals surface area contributed by atoms with E-state index in [1.54, 1.807) is 0 Å². The van der Waals surface area contributed by atoms with E-state index in [1.807, 2.05) is 19.2 Å². The number of aromatic nitrogens is 1. The summed E-state index contributed by atoms with van der Waals surface area (Å²) in [7, 11) is 0. The first-order chi connectivity index (χ1) is 4.20. The minimum Gasteiger partial charge on any atom is -0.363 e. The normalized spacial score (nSPS) is 13.7. The highest BCUT2D eigenvalue weighted by Crippen LogP contribution is 2.14. The van der Waals surface area contributed by atoms with E-state index in [9.17, 15) is 0 Å². The predicted molar refractivity (Wildman–Crippen MR) is 41.1 cm³/mol. The minimum atomic E-state index is 0.0938. The third-order valence-electron chi connectivity index (χ3n) is 1.16. The molecule has 3 N–H and O–H groups in total. The van der Waals surface area contributed by atoms with Gasteiger partial charge in [0.1, 0.15) is 0 Å². The van der Waals surface area contributed by atoms with Crippen molar-refractivity contribution in [3.8, 4) is 0 Å². The fourth-order valence-electron chi connectivity index (χ4n) is 0.647. The molecule has 1 aromatic rings. The van der Waals surface area contributed by atoms with Gasteiger partial charge in [0.15, 0.2) is 0 Å². The van der Waals surface area contributed by atoms with Gasteiger partial charge < -0.3 is 10.7 Å². The summed E-state index contributed by atoms with van der Waals surface area (Å²) in [5.41, 5.74) is 6.63. The SMILES string of the molecule is CC(N)c1cc(Br)c[nH]1. The molecule has 0 spiro atoms. The molecule has 0 saturated carbocycles. The highest BCUT2D eigenvalue weighted by atomic mass is 79.9. The minimum absolute atomic E-state index is 0.0938. The van der Waals surface area contributed by atoms with E-state index in [0.29, 0.717) is 0 Å². The van der Waals surface area contributed by atoms with Crippen molar-refractivity contribution in [3.63, 3.8) is 0 Å². The van der Waals surface area contributed by atoms with Crippen molar-refractivity contribution in [2.45, 2.75) is 13.0 Å². The lowest BCUT2D eigenvalue weighted by atomic mass is 10.3. The fraction of sp³-hybridized carbons (Fsp3) is 0.333. The first-order valence-electron chi connectivity index (χ1n) is 2.79. The Hall–Kier alpha value is -0.280. The standard InChI is InChI=1S/C6H9BrN2/c1-4(8)6-2-5(7)3-9-6/h2-4,9H,8H2,1H3. The third-order valence-corrected chi connectivity index (χ3v) is 1.62. The Labute approximate surface area is 62.6 Å². The maximum Gasteiger partial charge on any atom is 0.0419 e. The topological polar surface area (TPSA) is 41.8 Å². The number of rotatable bonds is 1. The van der Waals surface area contributed by atoms with Crippen molar-refractivity contribution >= 4 is 15.9 Å². The molecule has 50 valence electrons. The van der Waals surface area contributed by atoms with Crippen molar-refractivity contribution in [2.75, 3.05) is 0 Å². The van der Waals surface area contributed by atoms with Crippen LogP contribution in [0.4, 0.5) is 0 Å². The number of halogens is 1. The zero-order chi connectivity index (χ0) is 6.85. The van der Waals surface area contributed by atoms with Crippen LogP contribution in [0.1, 0.15) is 18.7 Å². The summed E-state index contributed by atoms with van der Waals surface area (Å²) in [5.74, 6) is 0. The van der Waals surface area contributed by atoms with E-state index in [4.69, 9.17) is 5.73 Å². The van der Waals surface area contributed by atoms with Crippen LogP contribution >= 0.6 is 15.9 Å². The average molecular weight is 189 g/mol. The first kappa shape index (κ1) is 6.83. The number of aromatic amines is 1. The number of H-pyrrole nitrogens is 1. The third kappa shape index (κ3) is 1.56. The second-order valence-electron chi connectivity index (χ2n) is 2.06. The first-order valence-corrected chi connectivity index (χ1v) is 3.59. The van der Waals surface area contributed by atoms with Gasteiger partial charge in [-0.1, -0.05) is 0 Å². The van der Waals surface area contributed by atoms with Crippen LogP contribution in [0.5, 0.6) is 0 Å². The molecule has 0 bridgehead atoms. The van der Waals surface area contributed by atoms with Gasteiger partial charge in [-0.05, 0) is 28.9 Å². The zero-order valence-corrected chi connectivity index (χ0v) is 6.77. The molecule has 1 aromatic heterocycles. The van der Waals surface area contributed by atoms with Gasteiger partial charge in [-0.15, -0.1) is 0 Å². The predicted octanol–water partition coefficient (Wildman–Crippen LogP) is 1.80. The summed E-state index contributed by atoms with van der Waals surface area (Å²) >= 11 is 3.31. The summed E-state index contributed by atoms with van der Waals surface area (Å²) in [6, 6.07) is 2.07. The molecule has 1 rings (SSSR count). The van der Waals surface area contributed by atoms with E-state index in [1.165, 1.54) is 0 Å². The van der Waals surface area contributed by atoms with Crippen LogP contribution in [0.15, 0.2) is 16.7 Å². The second kappa shape index (κ2) is 2.54. The maximum absolute atomic E-state index is 5.57. The average Bonchev–Trinajstić information content (AvgIpc) is 2.14. The molecule has 0 amide bonds. The Morgan fingerprint density at radius 2 is 2.44 bits per heavy atom. The Balaban J connectivity index is 2.85. The van der Waals surface area contributed by atoms with Crippen LogP contribution in [0.2, 0.25) is 0 Å². The van der Waals surface area contributed by atoms with E-state index < -0.39 is 0 Å². The largest absolute Gasteiger partial charge is 0.363 e. The molecule has 1 unspecified atom stereocenters. The van der Waals surface area contributed by atoms with E-state index in [-0.39, 0.29) is 6.04 Å². The van der Waals surface area contributed by atoms with Gasteiger partial charge >= 0.3 is 0 Å². The summed E-state index contributed by atoms with van der Waals surface area (Å²) < 4.78 is 1.05. The van der Waals surface area contributed by atoms with Gasteiger partial charge in [0.05, 0.1) is 0 Å².